The Kier molecular flexibility index (Phi) is 9.11. The summed E-state index contributed by atoms with van der Waals surface area (Å²) < 4.78 is 0. The lowest BCUT2D eigenvalue weighted by molar-refractivity contribution is -0.127. The fraction of sp³-hybridized carbons (Fsp3) is 0.950. The maximum atomic E-state index is 12.5. The van der Waals surface area contributed by atoms with Crippen LogP contribution in [0.5, 0.6) is 0 Å². The molecule has 2 atom stereocenters. The maximum absolute atomic E-state index is 12.5. The molecule has 2 aliphatic heterocycles. The molecule has 0 aliphatic carbocycles. The molecule has 1 amide bonds. The highest BCUT2D eigenvalue weighted by Crippen LogP contribution is 2.18. The first-order chi connectivity index (χ1) is 11.7. The minimum Gasteiger partial charge on any atom is -0.355 e. The normalized spacial score (nSPS) is 26.4. The molecule has 2 rings (SSSR count). The molecule has 2 aliphatic rings. The van der Waals surface area contributed by atoms with Gasteiger partial charge in [-0.15, -0.1) is 0 Å². The molecule has 2 saturated heterocycles. The van der Waals surface area contributed by atoms with Crippen molar-refractivity contribution in [2.24, 2.45) is 0 Å². The van der Waals surface area contributed by atoms with Gasteiger partial charge < -0.3 is 10.2 Å². The highest BCUT2D eigenvalue weighted by molar-refractivity contribution is 5.81. The van der Waals surface area contributed by atoms with Crippen molar-refractivity contribution < 1.29 is 4.79 Å². The van der Waals surface area contributed by atoms with E-state index in [4.69, 9.17) is 0 Å². The van der Waals surface area contributed by atoms with Crippen molar-refractivity contribution in [3.63, 3.8) is 0 Å². The van der Waals surface area contributed by atoms with Gasteiger partial charge in [-0.2, -0.15) is 0 Å². The molecule has 4 nitrogen and oxygen atoms in total. The Labute approximate surface area is 149 Å². The number of likely N-dealkylation sites (tertiary alicyclic amines) is 2. The van der Waals surface area contributed by atoms with E-state index in [1.807, 2.05) is 0 Å². The predicted molar refractivity (Wildman–Crippen MR) is 101 cm³/mol. The summed E-state index contributed by atoms with van der Waals surface area (Å²) >= 11 is 0. The number of amides is 1. The SMILES string of the molecule is CCCCN1CCCC[C@@H]1C(=O)NCCCCN1CCCC[C@@H]1C. The summed E-state index contributed by atoms with van der Waals surface area (Å²) in [6.07, 6.45) is 12.3. The van der Waals surface area contributed by atoms with Gasteiger partial charge in [0.2, 0.25) is 5.91 Å². The Balaban J connectivity index is 1.61. The zero-order valence-corrected chi connectivity index (χ0v) is 16.1. The van der Waals surface area contributed by atoms with Crippen LogP contribution in [0.1, 0.15) is 78.1 Å². The smallest absolute Gasteiger partial charge is 0.237 e. The van der Waals surface area contributed by atoms with E-state index in [1.165, 1.54) is 64.5 Å². The molecule has 0 radical (unpaired) electrons. The van der Waals surface area contributed by atoms with E-state index in [9.17, 15) is 4.79 Å². The summed E-state index contributed by atoms with van der Waals surface area (Å²) in [5.74, 6) is 0.275. The standard InChI is InChI=1S/C20H39N3O/c1-3-4-14-23-17-9-6-12-19(23)20(24)21-13-7-10-16-22-15-8-5-11-18(22)2/h18-19H,3-17H2,1-2H3,(H,21,24)/t18-,19+/m0/s1. The number of hydrogen-bond donors (Lipinski definition) is 1. The van der Waals surface area contributed by atoms with Gasteiger partial charge in [0.15, 0.2) is 0 Å². The molecule has 0 aromatic rings. The molecule has 2 heterocycles. The average molecular weight is 338 g/mol. The minimum atomic E-state index is 0.132. The lowest BCUT2D eigenvalue weighted by atomic mass is 10.0. The number of piperidine rings is 2. The van der Waals surface area contributed by atoms with E-state index in [0.717, 1.165) is 38.5 Å². The number of unbranched alkanes of at least 4 members (excludes halogenated alkanes) is 2. The molecular weight excluding hydrogens is 298 g/mol. The number of rotatable bonds is 9. The second-order valence-electron chi connectivity index (χ2n) is 7.78. The first-order valence-corrected chi connectivity index (χ1v) is 10.5. The summed E-state index contributed by atoms with van der Waals surface area (Å²) in [6, 6.07) is 0.884. The van der Waals surface area contributed by atoms with E-state index in [-0.39, 0.29) is 11.9 Å². The first-order valence-electron chi connectivity index (χ1n) is 10.5. The molecule has 2 fully saturated rings. The van der Waals surface area contributed by atoms with Crippen LogP contribution in [0.25, 0.3) is 0 Å². The molecule has 0 saturated carbocycles. The van der Waals surface area contributed by atoms with Gasteiger partial charge in [-0.1, -0.05) is 26.2 Å². The third-order valence-corrected chi connectivity index (χ3v) is 5.83. The molecule has 1 N–H and O–H groups in total. The van der Waals surface area contributed by atoms with Gasteiger partial charge in [-0.05, 0) is 78.0 Å². The molecule has 0 bridgehead atoms. The lowest BCUT2D eigenvalue weighted by Crippen LogP contribution is -2.49. The van der Waals surface area contributed by atoms with Gasteiger partial charge in [-0.25, -0.2) is 0 Å². The first kappa shape index (κ1) is 19.7. The summed E-state index contributed by atoms with van der Waals surface area (Å²) in [6.45, 7) is 10.1. The van der Waals surface area contributed by atoms with Gasteiger partial charge >= 0.3 is 0 Å². The summed E-state index contributed by atoms with van der Waals surface area (Å²) in [4.78, 5) is 17.6. The molecule has 0 spiro atoms. The Morgan fingerprint density at radius 2 is 1.67 bits per heavy atom. The average Bonchev–Trinajstić information content (AvgIpc) is 2.61. The van der Waals surface area contributed by atoms with E-state index in [1.54, 1.807) is 0 Å². The monoisotopic (exact) mass is 337 g/mol. The van der Waals surface area contributed by atoms with E-state index in [2.05, 4.69) is 29.0 Å². The summed E-state index contributed by atoms with van der Waals surface area (Å²) in [5.41, 5.74) is 0. The number of carbonyl (C=O) groups excluding carboxylic acids is 1. The van der Waals surface area contributed by atoms with Crippen LogP contribution in [0.3, 0.4) is 0 Å². The van der Waals surface area contributed by atoms with Crippen molar-refractivity contribution in [2.45, 2.75) is 90.1 Å². The van der Waals surface area contributed by atoms with E-state index < -0.39 is 0 Å². The number of nitrogens with one attached hydrogen (secondary N) is 1. The van der Waals surface area contributed by atoms with Gasteiger partial charge in [0.25, 0.3) is 0 Å². The molecule has 0 unspecified atom stereocenters. The highest BCUT2D eigenvalue weighted by Gasteiger charge is 2.27. The number of carbonyl (C=O) groups is 1. The van der Waals surface area contributed by atoms with Crippen molar-refractivity contribution in [3.8, 4) is 0 Å². The maximum Gasteiger partial charge on any atom is 0.237 e. The Bertz CT molecular complexity index is 361. The molecule has 4 heteroatoms. The Morgan fingerprint density at radius 3 is 2.42 bits per heavy atom. The topological polar surface area (TPSA) is 35.6 Å². The van der Waals surface area contributed by atoms with Crippen molar-refractivity contribution in [1.82, 2.24) is 15.1 Å². The van der Waals surface area contributed by atoms with Crippen LogP contribution >= 0.6 is 0 Å². The van der Waals surface area contributed by atoms with Crippen LogP contribution in [0, 0.1) is 0 Å². The highest BCUT2D eigenvalue weighted by atomic mass is 16.2. The van der Waals surface area contributed by atoms with Gasteiger partial charge in [0, 0.05) is 12.6 Å². The zero-order chi connectivity index (χ0) is 17.2. The molecule has 0 aromatic heterocycles. The Hall–Kier alpha value is -0.610. The molecular formula is C20H39N3O. The van der Waals surface area contributed by atoms with Gasteiger partial charge in [-0.3, -0.25) is 9.69 Å². The minimum absolute atomic E-state index is 0.132. The van der Waals surface area contributed by atoms with Crippen molar-refractivity contribution in [3.05, 3.63) is 0 Å². The fourth-order valence-corrected chi connectivity index (χ4v) is 4.18. The van der Waals surface area contributed by atoms with Crippen LogP contribution in [0.2, 0.25) is 0 Å². The van der Waals surface area contributed by atoms with E-state index >= 15 is 0 Å². The van der Waals surface area contributed by atoms with Crippen molar-refractivity contribution >= 4 is 5.91 Å². The summed E-state index contributed by atoms with van der Waals surface area (Å²) in [7, 11) is 0. The van der Waals surface area contributed by atoms with Crippen LogP contribution in [0.4, 0.5) is 0 Å². The van der Waals surface area contributed by atoms with Crippen molar-refractivity contribution in [1.29, 1.82) is 0 Å². The van der Waals surface area contributed by atoms with Gasteiger partial charge in [0.1, 0.15) is 0 Å². The third kappa shape index (κ3) is 6.36. The second kappa shape index (κ2) is 11.1. The summed E-state index contributed by atoms with van der Waals surface area (Å²) in [5, 5.41) is 3.21. The molecule has 24 heavy (non-hydrogen) atoms. The third-order valence-electron chi connectivity index (χ3n) is 5.83. The van der Waals surface area contributed by atoms with Gasteiger partial charge in [0.05, 0.1) is 6.04 Å². The van der Waals surface area contributed by atoms with Crippen LogP contribution < -0.4 is 5.32 Å². The van der Waals surface area contributed by atoms with Crippen LogP contribution in [0.15, 0.2) is 0 Å². The fourth-order valence-electron chi connectivity index (χ4n) is 4.18. The number of hydrogen-bond acceptors (Lipinski definition) is 3. The largest absolute Gasteiger partial charge is 0.355 e. The molecule has 0 aromatic carbocycles. The number of nitrogens with zero attached hydrogens (tertiary/aromatic N) is 2. The predicted octanol–water partition coefficient (Wildman–Crippen LogP) is 3.41. The van der Waals surface area contributed by atoms with Crippen molar-refractivity contribution in [2.75, 3.05) is 32.7 Å². The molecule has 140 valence electrons. The van der Waals surface area contributed by atoms with Crippen LogP contribution in [-0.4, -0.2) is 60.5 Å². The van der Waals surface area contributed by atoms with E-state index in [0.29, 0.717) is 0 Å². The zero-order valence-electron chi connectivity index (χ0n) is 16.1. The van der Waals surface area contributed by atoms with Crippen LogP contribution in [-0.2, 0) is 4.79 Å². The second-order valence-corrected chi connectivity index (χ2v) is 7.78. The lowest BCUT2D eigenvalue weighted by Gasteiger charge is -2.34. The quantitative estimate of drug-likeness (QED) is 0.655. The Morgan fingerprint density at radius 1 is 0.958 bits per heavy atom.